The molecule has 3 rings (SSSR count). The van der Waals surface area contributed by atoms with E-state index in [9.17, 15) is 14.4 Å². The molecule has 1 aliphatic heterocycles. The van der Waals surface area contributed by atoms with Gasteiger partial charge in [0.1, 0.15) is 6.04 Å². The van der Waals surface area contributed by atoms with Gasteiger partial charge in [0, 0.05) is 38.6 Å². The molecule has 2 aromatic rings. The summed E-state index contributed by atoms with van der Waals surface area (Å²) in [5, 5.41) is 8.50. The van der Waals surface area contributed by atoms with Gasteiger partial charge in [0.05, 0.1) is 12.6 Å². The molecule has 3 atom stereocenters. The summed E-state index contributed by atoms with van der Waals surface area (Å²) < 4.78 is 5.79. The maximum absolute atomic E-state index is 13.7. The summed E-state index contributed by atoms with van der Waals surface area (Å²) in [6.45, 7) is 7.77. The van der Waals surface area contributed by atoms with Crippen LogP contribution in [0.4, 0.5) is 4.79 Å². The minimum absolute atomic E-state index is 0.150. The fourth-order valence-corrected chi connectivity index (χ4v) is 4.09. The van der Waals surface area contributed by atoms with Crippen LogP contribution < -0.4 is 16.0 Å². The van der Waals surface area contributed by atoms with Crippen LogP contribution in [0.3, 0.4) is 0 Å². The highest BCUT2D eigenvalue weighted by Crippen LogP contribution is 2.18. The van der Waals surface area contributed by atoms with Crippen molar-refractivity contribution in [2.24, 2.45) is 5.92 Å². The predicted octanol–water partition coefficient (Wildman–Crippen LogP) is 1.73. The van der Waals surface area contributed by atoms with Crippen LogP contribution in [0.5, 0.6) is 0 Å². The molecule has 0 saturated carbocycles. The average molecular weight is 511 g/mol. The van der Waals surface area contributed by atoms with E-state index < -0.39 is 24.4 Å². The van der Waals surface area contributed by atoms with E-state index in [4.69, 9.17) is 4.74 Å². The highest BCUT2D eigenvalue weighted by atomic mass is 16.6. The lowest BCUT2D eigenvalue weighted by molar-refractivity contribution is -0.153. The van der Waals surface area contributed by atoms with Gasteiger partial charge in [-0.15, -0.1) is 0 Å². The number of carbonyl (C=O) groups excluding carboxylic acids is 3. The maximum atomic E-state index is 13.7. The number of rotatable bonds is 10. The van der Waals surface area contributed by atoms with Crippen molar-refractivity contribution in [1.82, 2.24) is 30.7 Å². The van der Waals surface area contributed by atoms with E-state index in [0.717, 1.165) is 11.1 Å². The summed E-state index contributed by atoms with van der Waals surface area (Å²) in [5.74, 6) is -0.678. The molecular weight excluding hydrogens is 472 g/mol. The van der Waals surface area contributed by atoms with Crippen LogP contribution in [-0.4, -0.2) is 77.7 Å². The first kappa shape index (κ1) is 28.1. The quantitative estimate of drug-likeness (QED) is 0.446. The van der Waals surface area contributed by atoms with E-state index in [0.29, 0.717) is 26.2 Å². The largest absolute Gasteiger partial charge is 0.424 e. The lowest BCUT2D eigenvalue weighted by Crippen LogP contribution is -2.62. The van der Waals surface area contributed by atoms with Crippen LogP contribution in [0.15, 0.2) is 54.9 Å². The van der Waals surface area contributed by atoms with Gasteiger partial charge in [-0.05, 0) is 37.1 Å². The van der Waals surface area contributed by atoms with E-state index in [1.807, 2.05) is 50.2 Å². The number of nitrogens with one attached hydrogen (secondary N) is 3. The molecule has 0 aliphatic carbocycles. The van der Waals surface area contributed by atoms with Gasteiger partial charge < -0.3 is 25.6 Å². The van der Waals surface area contributed by atoms with Crippen LogP contribution in [-0.2, 0) is 27.4 Å². The molecular formula is C27H38N6O4. The monoisotopic (exact) mass is 510 g/mol. The zero-order valence-electron chi connectivity index (χ0n) is 22.0. The van der Waals surface area contributed by atoms with Gasteiger partial charge in [0.15, 0.2) is 6.23 Å². The fourth-order valence-electron chi connectivity index (χ4n) is 4.09. The Morgan fingerprint density at radius 1 is 1.05 bits per heavy atom. The number of hydrogen-bond donors (Lipinski definition) is 3. The molecule has 1 aromatic heterocycles. The molecule has 0 radical (unpaired) electrons. The SMILES string of the molecule is CN[C@@H](C)C(=O)N[C@H](C(=O)N1CCN(Cc2ccccc2)C[C@@H]1OC(=O)NCc1cccnc1)C(C)C. The lowest BCUT2D eigenvalue weighted by atomic mass is 10.0. The van der Waals surface area contributed by atoms with Crippen molar-refractivity contribution < 1.29 is 19.1 Å². The van der Waals surface area contributed by atoms with Crippen molar-refractivity contribution in [2.75, 3.05) is 26.7 Å². The Morgan fingerprint density at radius 3 is 2.43 bits per heavy atom. The summed E-state index contributed by atoms with van der Waals surface area (Å²) in [7, 11) is 1.69. The first-order valence-electron chi connectivity index (χ1n) is 12.7. The molecule has 3 amide bonds. The van der Waals surface area contributed by atoms with Crippen LogP contribution in [0.25, 0.3) is 0 Å². The Balaban J connectivity index is 1.73. The summed E-state index contributed by atoms with van der Waals surface area (Å²) in [6.07, 6.45) is 1.90. The molecule has 3 N–H and O–H groups in total. The minimum atomic E-state index is -0.807. The Labute approximate surface area is 218 Å². The Hall–Kier alpha value is -3.50. The minimum Gasteiger partial charge on any atom is -0.424 e. The third-order valence-corrected chi connectivity index (χ3v) is 6.41. The van der Waals surface area contributed by atoms with Crippen molar-refractivity contribution in [2.45, 2.75) is 52.2 Å². The molecule has 1 saturated heterocycles. The van der Waals surface area contributed by atoms with E-state index in [-0.39, 0.29) is 24.3 Å². The van der Waals surface area contributed by atoms with Gasteiger partial charge in [-0.2, -0.15) is 0 Å². The highest BCUT2D eigenvalue weighted by Gasteiger charge is 2.38. The number of aromatic nitrogens is 1. The molecule has 1 fully saturated rings. The summed E-state index contributed by atoms with van der Waals surface area (Å²) >= 11 is 0. The van der Waals surface area contributed by atoms with E-state index in [1.165, 1.54) is 0 Å². The molecule has 1 aromatic carbocycles. The molecule has 0 unspecified atom stereocenters. The fraction of sp³-hybridized carbons (Fsp3) is 0.481. The van der Waals surface area contributed by atoms with E-state index >= 15 is 0 Å². The number of benzene rings is 1. The van der Waals surface area contributed by atoms with Crippen molar-refractivity contribution in [3.63, 3.8) is 0 Å². The standard InChI is InChI=1S/C27H38N6O4/c1-19(2)24(31-25(34)20(3)28-4)26(35)33-14-13-32(17-21-9-6-5-7-10-21)18-23(33)37-27(36)30-16-22-11-8-12-29-15-22/h5-12,15,19-20,23-24,28H,13-14,16-18H2,1-4H3,(H,30,36)(H,31,34)/t20-,23-,24-/m0/s1. The molecule has 1 aliphatic rings. The van der Waals surface area contributed by atoms with E-state index in [1.54, 1.807) is 37.3 Å². The molecule has 2 heterocycles. The molecule has 200 valence electrons. The predicted molar refractivity (Wildman–Crippen MR) is 140 cm³/mol. The molecule has 10 nitrogen and oxygen atoms in total. The van der Waals surface area contributed by atoms with Crippen molar-refractivity contribution in [1.29, 1.82) is 0 Å². The van der Waals surface area contributed by atoms with Gasteiger partial charge in [0.25, 0.3) is 0 Å². The second-order valence-electron chi connectivity index (χ2n) is 9.57. The topological polar surface area (TPSA) is 116 Å². The van der Waals surface area contributed by atoms with Gasteiger partial charge in [-0.3, -0.25) is 19.5 Å². The number of carbonyl (C=O) groups is 3. The Morgan fingerprint density at radius 2 is 1.78 bits per heavy atom. The lowest BCUT2D eigenvalue weighted by Gasteiger charge is -2.42. The summed E-state index contributed by atoms with van der Waals surface area (Å²) in [4.78, 5) is 46.7. The zero-order valence-corrected chi connectivity index (χ0v) is 22.0. The smallest absolute Gasteiger partial charge is 0.409 e. The first-order valence-corrected chi connectivity index (χ1v) is 12.7. The van der Waals surface area contributed by atoms with Crippen LogP contribution in [0.2, 0.25) is 0 Å². The second kappa shape index (κ2) is 13.7. The molecule has 37 heavy (non-hydrogen) atoms. The third-order valence-electron chi connectivity index (χ3n) is 6.41. The Kier molecular flexibility index (Phi) is 10.4. The van der Waals surface area contributed by atoms with Crippen molar-refractivity contribution >= 4 is 17.9 Å². The van der Waals surface area contributed by atoms with Gasteiger partial charge in [-0.25, -0.2) is 4.79 Å². The first-order chi connectivity index (χ1) is 17.8. The second-order valence-corrected chi connectivity index (χ2v) is 9.57. The van der Waals surface area contributed by atoms with Crippen molar-refractivity contribution in [3.8, 4) is 0 Å². The maximum Gasteiger partial charge on any atom is 0.409 e. The van der Waals surface area contributed by atoms with Gasteiger partial charge in [-0.1, -0.05) is 50.2 Å². The number of likely N-dealkylation sites (N-methyl/N-ethyl adjacent to an activating group) is 1. The molecule has 10 heteroatoms. The van der Waals surface area contributed by atoms with Gasteiger partial charge in [0.2, 0.25) is 11.8 Å². The number of nitrogens with zero attached hydrogens (tertiary/aromatic N) is 3. The zero-order chi connectivity index (χ0) is 26.8. The van der Waals surface area contributed by atoms with E-state index in [2.05, 4.69) is 25.8 Å². The summed E-state index contributed by atoms with van der Waals surface area (Å²) in [5.41, 5.74) is 1.97. The number of pyridine rings is 1. The summed E-state index contributed by atoms with van der Waals surface area (Å²) in [6, 6.07) is 12.5. The number of amides is 3. The number of hydrogen-bond acceptors (Lipinski definition) is 7. The number of piperazine rings is 1. The van der Waals surface area contributed by atoms with Crippen LogP contribution in [0.1, 0.15) is 31.9 Å². The van der Waals surface area contributed by atoms with Crippen LogP contribution >= 0.6 is 0 Å². The molecule has 0 bridgehead atoms. The number of ether oxygens (including phenoxy) is 1. The third kappa shape index (κ3) is 8.26. The number of alkyl carbamates (subject to hydrolysis) is 1. The average Bonchev–Trinajstić information content (AvgIpc) is 2.90. The normalized spacial score (nSPS) is 17.6. The van der Waals surface area contributed by atoms with Crippen LogP contribution in [0, 0.1) is 5.92 Å². The van der Waals surface area contributed by atoms with Crippen molar-refractivity contribution in [3.05, 3.63) is 66.0 Å². The Bertz CT molecular complexity index is 1020. The highest BCUT2D eigenvalue weighted by molar-refractivity contribution is 5.90. The molecule has 0 spiro atoms. The van der Waals surface area contributed by atoms with Gasteiger partial charge >= 0.3 is 6.09 Å².